The Kier molecular flexibility index (Phi) is 1.48. The lowest BCUT2D eigenvalue weighted by Crippen LogP contribution is -1.90. The second-order valence-electron chi connectivity index (χ2n) is 3.79. The molecule has 2 aromatic heterocycles. The first-order valence-corrected chi connectivity index (χ1v) is 4.81. The fourth-order valence-electron chi connectivity index (χ4n) is 1.67. The largest absolute Gasteiger partial charge is 0.298 e. The van der Waals surface area contributed by atoms with Gasteiger partial charge in [-0.05, 0) is 31.0 Å². The molecule has 1 saturated carbocycles. The number of rotatable bonds is 2. The lowest BCUT2D eigenvalue weighted by molar-refractivity contribution is 0.112. The number of nitrogens with zero attached hydrogens (tertiary/aromatic N) is 2. The van der Waals surface area contributed by atoms with Crippen molar-refractivity contribution in [1.82, 2.24) is 9.61 Å². The maximum atomic E-state index is 10.6. The normalized spacial score (nSPS) is 16.0. The van der Waals surface area contributed by atoms with Crippen molar-refractivity contribution in [3.63, 3.8) is 0 Å². The van der Waals surface area contributed by atoms with E-state index in [4.69, 9.17) is 0 Å². The molecule has 1 aliphatic carbocycles. The van der Waals surface area contributed by atoms with Gasteiger partial charge in [0.05, 0.1) is 11.2 Å². The van der Waals surface area contributed by atoms with Gasteiger partial charge in [0.15, 0.2) is 6.29 Å². The van der Waals surface area contributed by atoms with Gasteiger partial charge in [0.25, 0.3) is 0 Å². The van der Waals surface area contributed by atoms with Crippen LogP contribution < -0.4 is 0 Å². The molecule has 0 aliphatic heterocycles. The van der Waals surface area contributed by atoms with Gasteiger partial charge in [0.2, 0.25) is 0 Å². The SMILES string of the molecule is O=Cc1ccc2cc(C3CC3)nn2c1. The Morgan fingerprint density at radius 1 is 1.43 bits per heavy atom. The predicted octanol–water partition coefficient (Wildman–Crippen LogP) is 2.02. The van der Waals surface area contributed by atoms with Crippen molar-refractivity contribution in [1.29, 1.82) is 0 Å². The number of aldehydes is 1. The zero-order chi connectivity index (χ0) is 9.54. The summed E-state index contributed by atoms with van der Waals surface area (Å²) in [5, 5.41) is 4.44. The summed E-state index contributed by atoms with van der Waals surface area (Å²) in [6, 6.07) is 5.86. The van der Waals surface area contributed by atoms with E-state index in [1.54, 1.807) is 10.7 Å². The fraction of sp³-hybridized carbons (Fsp3) is 0.273. The summed E-state index contributed by atoms with van der Waals surface area (Å²) < 4.78 is 1.79. The number of carbonyl (C=O) groups excluding carboxylic acids is 1. The number of hydrogen-bond donors (Lipinski definition) is 0. The summed E-state index contributed by atoms with van der Waals surface area (Å²) in [7, 11) is 0. The molecule has 14 heavy (non-hydrogen) atoms. The maximum Gasteiger partial charge on any atom is 0.151 e. The zero-order valence-corrected chi connectivity index (χ0v) is 7.68. The second-order valence-corrected chi connectivity index (χ2v) is 3.79. The van der Waals surface area contributed by atoms with Crippen molar-refractivity contribution >= 4 is 11.8 Å². The summed E-state index contributed by atoms with van der Waals surface area (Å²) in [5.41, 5.74) is 2.90. The number of fused-ring (bicyclic) bond motifs is 1. The molecule has 2 heterocycles. The standard InChI is InChI=1S/C11H10N2O/c14-7-8-1-4-10-5-11(9-2-3-9)12-13(10)6-8/h1,4-7,9H,2-3H2. The van der Waals surface area contributed by atoms with Gasteiger partial charge >= 0.3 is 0 Å². The number of aromatic nitrogens is 2. The van der Waals surface area contributed by atoms with E-state index in [0.717, 1.165) is 17.5 Å². The van der Waals surface area contributed by atoms with E-state index in [2.05, 4.69) is 11.2 Å². The monoisotopic (exact) mass is 186 g/mol. The van der Waals surface area contributed by atoms with Crippen LogP contribution >= 0.6 is 0 Å². The predicted molar refractivity (Wildman–Crippen MR) is 52.6 cm³/mol. The topological polar surface area (TPSA) is 34.4 Å². The van der Waals surface area contributed by atoms with E-state index >= 15 is 0 Å². The molecule has 1 fully saturated rings. The van der Waals surface area contributed by atoms with E-state index < -0.39 is 0 Å². The van der Waals surface area contributed by atoms with Crippen LogP contribution in [0, 0.1) is 0 Å². The third-order valence-corrected chi connectivity index (χ3v) is 2.63. The van der Waals surface area contributed by atoms with Crippen LogP contribution in [0.5, 0.6) is 0 Å². The molecule has 0 amide bonds. The molecule has 0 N–H and O–H groups in total. The summed E-state index contributed by atoms with van der Waals surface area (Å²) in [6.45, 7) is 0. The first kappa shape index (κ1) is 7.74. The fourth-order valence-corrected chi connectivity index (χ4v) is 1.67. The van der Waals surface area contributed by atoms with Gasteiger partial charge in [0.1, 0.15) is 0 Å². The Labute approximate surface area is 81.4 Å². The Bertz CT molecular complexity index is 497. The molecule has 0 spiro atoms. The number of carbonyl (C=O) groups is 1. The van der Waals surface area contributed by atoms with Gasteiger partial charge in [-0.2, -0.15) is 5.10 Å². The lowest BCUT2D eigenvalue weighted by atomic mass is 10.2. The Balaban J connectivity index is 2.17. The maximum absolute atomic E-state index is 10.6. The van der Waals surface area contributed by atoms with E-state index in [1.165, 1.54) is 12.8 Å². The molecule has 0 aromatic carbocycles. The van der Waals surface area contributed by atoms with Gasteiger partial charge in [-0.3, -0.25) is 4.79 Å². The summed E-state index contributed by atoms with van der Waals surface area (Å²) >= 11 is 0. The van der Waals surface area contributed by atoms with Crippen molar-refractivity contribution in [2.24, 2.45) is 0 Å². The zero-order valence-electron chi connectivity index (χ0n) is 7.68. The minimum Gasteiger partial charge on any atom is -0.298 e. The van der Waals surface area contributed by atoms with Gasteiger partial charge in [-0.1, -0.05) is 0 Å². The van der Waals surface area contributed by atoms with Crippen LogP contribution in [0.25, 0.3) is 5.52 Å². The summed E-state index contributed by atoms with van der Waals surface area (Å²) in [5.74, 6) is 0.662. The Morgan fingerprint density at radius 2 is 2.29 bits per heavy atom. The average Bonchev–Trinajstić information content (AvgIpc) is 2.97. The molecular formula is C11H10N2O. The van der Waals surface area contributed by atoms with Crippen LogP contribution in [-0.2, 0) is 0 Å². The molecule has 0 saturated heterocycles. The number of pyridine rings is 1. The molecule has 0 atom stereocenters. The summed E-state index contributed by atoms with van der Waals surface area (Å²) in [4.78, 5) is 10.6. The smallest absolute Gasteiger partial charge is 0.151 e. The van der Waals surface area contributed by atoms with E-state index in [-0.39, 0.29) is 0 Å². The highest BCUT2D eigenvalue weighted by Gasteiger charge is 2.26. The van der Waals surface area contributed by atoms with Crippen LogP contribution in [0.4, 0.5) is 0 Å². The number of hydrogen-bond acceptors (Lipinski definition) is 2. The highest BCUT2D eigenvalue weighted by molar-refractivity contribution is 5.75. The van der Waals surface area contributed by atoms with Gasteiger partial charge < -0.3 is 0 Å². The highest BCUT2D eigenvalue weighted by Crippen LogP contribution is 2.39. The minimum absolute atomic E-state index is 0.662. The first-order valence-electron chi connectivity index (χ1n) is 4.81. The third kappa shape index (κ3) is 1.13. The third-order valence-electron chi connectivity index (χ3n) is 2.63. The van der Waals surface area contributed by atoms with Crippen LogP contribution in [0.15, 0.2) is 24.4 Å². The molecule has 0 bridgehead atoms. The van der Waals surface area contributed by atoms with Crippen molar-refractivity contribution in [3.05, 3.63) is 35.7 Å². The molecular weight excluding hydrogens is 176 g/mol. The Morgan fingerprint density at radius 3 is 3.00 bits per heavy atom. The van der Waals surface area contributed by atoms with Crippen LogP contribution in [0.3, 0.4) is 0 Å². The van der Waals surface area contributed by atoms with Gasteiger partial charge in [-0.25, -0.2) is 4.52 Å². The molecule has 3 heteroatoms. The van der Waals surface area contributed by atoms with Crippen LogP contribution in [0.2, 0.25) is 0 Å². The average molecular weight is 186 g/mol. The van der Waals surface area contributed by atoms with Crippen molar-refractivity contribution < 1.29 is 4.79 Å². The molecule has 3 nitrogen and oxygen atoms in total. The lowest BCUT2D eigenvalue weighted by Gasteiger charge is -1.92. The first-order chi connectivity index (χ1) is 6.86. The molecule has 70 valence electrons. The molecule has 0 radical (unpaired) electrons. The Hall–Kier alpha value is -1.64. The molecule has 3 rings (SSSR count). The molecule has 1 aliphatic rings. The highest BCUT2D eigenvalue weighted by atomic mass is 16.1. The van der Waals surface area contributed by atoms with Crippen LogP contribution in [0.1, 0.15) is 34.8 Å². The van der Waals surface area contributed by atoms with Crippen LogP contribution in [-0.4, -0.2) is 15.9 Å². The second kappa shape index (κ2) is 2.67. The minimum atomic E-state index is 0.662. The molecule has 2 aromatic rings. The molecule has 0 unspecified atom stereocenters. The van der Waals surface area contributed by atoms with Crippen molar-refractivity contribution in [3.8, 4) is 0 Å². The van der Waals surface area contributed by atoms with Crippen molar-refractivity contribution in [2.75, 3.05) is 0 Å². The van der Waals surface area contributed by atoms with E-state index in [0.29, 0.717) is 11.5 Å². The van der Waals surface area contributed by atoms with Crippen molar-refractivity contribution in [2.45, 2.75) is 18.8 Å². The van der Waals surface area contributed by atoms with Gasteiger partial charge in [0, 0.05) is 17.7 Å². The summed E-state index contributed by atoms with van der Waals surface area (Å²) in [6.07, 6.45) is 5.13. The van der Waals surface area contributed by atoms with Gasteiger partial charge in [-0.15, -0.1) is 0 Å². The van der Waals surface area contributed by atoms with E-state index in [9.17, 15) is 4.79 Å². The van der Waals surface area contributed by atoms with E-state index in [1.807, 2.05) is 12.1 Å². The quantitative estimate of drug-likeness (QED) is 0.672.